The minimum absolute atomic E-state index is 0.106. The summed E-state index contributed by atoms with van der Waals surface area (Å²) in [5.41, 5.74) is 1.51. The number of ketones is 1. The van der Waals surface area contributed by atoms with E-state index in [-0.39, 0.29) is 17.3 Å². The summed E-state index contributed by atoms with van der Waals surface area (Å²) in [5, 5.41) is 3.65. The number of aryl methyl sites for hydroxylation is 1. The van der Waals surface area contributed by atoms with Crippen molar-refractivity contribution in [1.29, 1.82) is 0 Å². The Morgan fingerprint density at radius 2 is 1.90 bits per heavy atom. The van der Waals surface area contributed by atoms with Crippen LogP contribution in [0.4, 0.5) is 0 Å². The van der Waals surface area contributed by atoms with Gasteiger partial charge in [0.1, 0.15) is 16.9 Å². The molecule has 5 nitrogen and oxygen atoms in total. The van der Waals surface area contributed by atoms with Crippen LogP contribution in [-0.2, 0) is 0 Å². The number of hydrogen-bond donors (Lipinski definition) is 1. The van der Waals surface area contributed by atoms with Crippen LogP contribution in [0.25, 0.3) is 11.0 Å². The van der Waals surface area contributed by atoms with Crippen molar-refractivity contribution in [2.24, 2.45) is 5.92 Å². The van der Waals surface area contributed by atoms with Gasteiger partial charge < -0.3 is 14.5 Å². The summed E-state index contributed by atoms with van der Waals surface area (Å²) in [7, 11) is 0. The van der Waals surface area contributed by atoms with E-state index in [1.807, 2.05) is 19.1 Å². The minimum atomic E-state index is -0.358. The summed E-state index contributed by atoms with van der Waals surface area (Å²) in [4.78, 5) is 25.9. The van der Waals surface area contributed by atoms with Crippen LogP contribution >= 0.6 is 0 Å². The van der Waals surface area contributed by atoms with Gasteiger partial charge in [-0.25, -0.2) is 0 Å². The summed E-state index contributed by atoms with van der Waals surface area (Å²) in [6, 6.07) is 3.67. The summed E-state index contributed by atoms with van der Waals surface area (Å²) in [6.45, 7) is 6.71. The summed E-state index contributed by atoms with van der Waals surface area (Å²) < 4.78 is 12.3. The molecule has 1 aliphatic heterocycles. The maximum absolute atomic E-state index is 13.2. The van der Waals surface area contributed by atoms with E-state index >= 15 is 0 Å². The largest absolute Gasteiger partial charge is 0.486 e. The van der Waals surface area contributed by atoms with Crippen molar-refractivity contribution in [2.75, 3.05) is 6.54 Å². The van der Waals surface area contributed by atoms with E-state index < -0.39 is 0 Å². The standard InChI is InChI=1S/C24H31NO4/c1-15(2)10-13-25-23(27)22-16(3)20-18(28-22)8-9-19-21(20)17(26)14-24(29-19)11-6-4-5-7-12-24/h8-9,15H,4-7,10-14H2,1-3H3,(H,25,27). The molecule has 1 saturated carbocycles. The van der Waals surface area contributed by atoms with E-state index in [1.54, 1.807) is 0 Å². The first-order valence-corrected chi connectivity index (χ1v) is 11.0. The summed E-state index contributed by atoms with van der Waals surface area (Å²) >= 11 is 0. The lowest BCUT2D eigenvalue weighted by Gasteiger charge is -2.37. The molecule has 1 spiro atoms. The molecule has 1 fully saturated rings. The Bertz CT molecular complexity index is 932. The number of hydrogen-bond acceptors (Lipinski definition) is 4. The molecule has 0 unspecified atom stereocenters. The lowest BCUT2D eigenvalue weighted by atomic mass is 9.83. The average molecular weight is 398 g/mol. The molecule has 5 heteroatoms. The van der Waals surface area contributed by atoms with Crippen LogP contribution in [0.3, 0.4) is 0 Å². The van der Waals surface area contributed by atoms with E-state index in [2.05, 4.69) is 19.2 Å². The molecular weight excluding hydrogens is 366 g/mol. The molecule has 2 heterocycles. The van der Waals surface area contributed by atoms with Gasteiger partial charge >= 0.3 is 0 Å². The third-order valence-corrected chi connectivity index (χ3v) is 6.37. The number of rotatable bonds is 4. The number of furan rings is 1. The summed E-state index contributed by atoms with van der Waals surface area (Å²) in [6.07, 6.45) is 7.83. The molecule has 1 aromatic carbocycles. The second-order valence-corrected chi connectivity index (χ2v) is 9.11. The molecule has 156 valence electrons. The van der Waals surface area contributed by atoms with Crippen molar-refractivity contribution in [1.82, 2.24) is 5.32 Å². The number of amides is 1. The van der Waals surface area contributed by atoms with Crippen LogP contribution < -0.4 is 10.1 Å². The lowest BCUT2D eigenvalue weighted by Crippen LogP contribution is -2.41. The number of fused-ring (bicyclic) bond motifs is 3. The molecule has 1 amide bonds. The molecule has 29 heavy (non-hydrogen) atoms. The van der Waals surface area contributed by atoms with E-state index in [4.69, 9.17) is 9.15 Å². The fourth-order valence-electron chi connectivity index (χ4n) is 4.76. The molecule has 2 aromatic rings. The maximum Gasteiger partial charge on any atom is 0.287 e. The second kappa shape index (κ2) is 7.85. The molecule has 1 N–H and O–H groups in total. The van der Waals surface area contributed by atoms with Gasteiger partial charge in [0.2, 0.25) is 0 Å². The third-order valence-electron chi connectivity index (χ3n) is 6.37. The van der Waals surface area contributed by atoms with Crippen LogP contribution in [0.2, 0.25) is 0 Å². The maximum atomic E-state index is 13.2. The quantitative estimate of drug-likeness (QED) is 0.732. The summed E-state index contributed by atoms with van der Waals surface area (Å²) in [5.74, 6) is 1.34. The molecule has 2 aliphatic rings. The number of benzene rings is 1. The highest BCUT2D eigenvalue weighted by molar-refractivity contribution is 6.13. The predicted octanol–water partition coefficient (Wildman–Crippen LogP) is 5.58. The topological polar surface area (TPSA) is 68.5 Å². The van der Waals surface area contributed by atoms with Gasteiger partial charge in [-0.3, -0.25) is 9.59 Å². The van der Waals surface area contributed by atoms with Crippen molar-refractivity contribution in [2.45, 2.75) is 77.7 Å². The first kappa shape index (κ1) is 20.0. The Morgan fingerprint density at radius 1 is 1.17 bits per heavy atom. The van der Waals surface area contributed by atoms with Crippen molar-refractivity contribution in [3.05, 3.63) is 29.0 Å². The Labute approximate surface area is 172 Å². The number of Topliss-reactive ketones (excluding diaryl/α,β-unsaturated/α-hetero) is 1. The number of ether oxygens (including phenoxy) is 1. The van der Waals surface area contributed by atoms with Crippen LogP contribution in [0.15, 0.2) is 16.5 Å². The first-order valence-electron chi connectivity index (χ1n) is 11.0. The fraction of sp³-hybridized carbons (Fsp3) is 0.583. The van der Waals surface area contributed by atoms with Crippen LogP contribution in [0.5, 0.6) is 5.75 Å². The molecule has 0 radical (unpaired) electrons. The van der Waals surface area contributed by atoms with E-state index in [1.165, 1.54) is 12.8 Å². The normalized spacial score (nSPS) is 18.6. The second-order valence-electron chi connectivity index (χ2n) is 9.11. The molecule has 0 bridgehead atoms. The highest BCUT2D eigenvalue weighted by Crippen LogP contribution is 2.44. The Morgan fingerprint density at radius 3 is 2.59 bits per heavy atom. The average Bonchev–Trinajstić information content (AvgIpc) is 2.85. The Balaban J connectivity index is 1.67. The van der Waals surface area contributed by atoms with Crippen molar-refractivity contribution in [3.8, 4) is 5.75 Å². The molecule has 1 aromatic heterocycles. The van der Waals surface area contributed by atoms with Gasteiger partial charge in [0.25, 0.3) is 5.91 Å². The lowest BCUT2D eigenvalue weighted by molar-refractivity contribution is 0.0301. The zero-order valence-corrected chi connectivity index (χ0v) is 17.7. The zero-order valence-electron chi connectivity index (χ0n) is 17.7. The minimum Gasteiger partial charge on any atom is -0.486 e. The van der Waals surface area contributed by atoms with Crippen LogP contribution in [-0.4, -0.2) is 23.8 Å². The number of nitrogens with one attached hydrogen (secondary N) is 1. The van der Waals surface area contributed by atoms with E-state index in [0.717, 1.165) is 37.5 Å². The van der Waals surface area contributed by atoms with Crippen molar-refractivity contribution >= 4 is 22.7 Å². The van der Waals surface area contributed by atoms with Crippen LogP contribution in [0.1, 0.15) is 91.7 Å². The van der Waals surface area contributed by atoms with Gasteiger partial charge in [-0.1, -0.05) is 26.7 Å². The Hall–Kier alpha value is -2.30. The van der Waals surface area contributed by atoms with E-state index in [9.17, 15) is 9.59 Å². The first-order chi connectivity index (χ1) is 13.9. The van der Waals surface area contributed by atoms with Gasteiger partial charge in [0.05, 0.1) is 12.0 Å². The SMILES string of the molecule is Cc1c(C(=O)NCCC(C)C)oc2ccc3c(c12)C(=O)CC1(CCCCCC1)O3. The molecule has 4 rings (SSSR count). The molecule has 0 saturated heterocycles. The van der Waals surface area contributed by atoms with Gasteiger partial charge in [0, 0.05) is 17.5 Å². The predicted molar refractivity (Wildman–Crippen MR) is 113 cm³/mol. The zero-order chi connectivity index (χ0) is 20.6. The smallest absolute Gasteiger partial charge is 0.287 e. The Kier molecular flexibility index (Phi) is 5.41. The van der Waals surface area contributed by atoms with E-state index in [0.29, 0.717) is 47.1 Å². The van der Waals surface area contributed by atoms with Gasteiger partial charge in [-0.2, -0.15) is 0 Å². The highest BCUT2D eigenvalue weighted by atomic mass is 16.5. The van der Waals surface area contributed by atoms with Gasteiger partial charge in [-0.05, 0) is 57.1 Å². The van der Waals surface area contributed by atoms with Crippen LogP contribution in [0, 0.1) is 12.8 Å². The number of carbonyl (C=O) groups excluding carboxylic acids is 2. The monoisotopic (exact) mass is 397 g/mol. The highest BCUT2D eigenvalue weighted by Gasteiger charge is 2.42. The molecular formula is C24H31NO4. The van der Waals surface area contributed by atoms with Gasteiger partial charge in [0.15, 0.2) is 11.5 Å². The third kappa shape index (κ3) is 3.79. The fourth-order valence-corrected chi connectivity index (χ4v) is 4.76. The van der Waals surface area contributed by atoms with Gasteiger partial charge in [-0.15, -0.1) is 0 Å². The number of carbonyl (C=O) groups is 2. The van der Waals surface area contributed by atoms with Crippen molar-refractivity contribution < 1.29 is 18.7 Å². The molecule has 0 atom stereocenters. The van der Waals surface area contributed by atoms with Crippen molar-refractivity contribution in [3.63, 3.8) is 0 Å². The molecule has 1 aliphatic carbocycles.